The van der Waals surface area contributed by atoms with Gasteiger partial charge in [-0.2, -0.15) is 0 Å². The lowest BCUT2D eigenvalue weighted by Gasteiger charge is -2.46. The molecule has 1 aliphatic heterocycles. The van der Waals surface area contributed by atoms with Crippen LogP contribution in [-0.4, -0.2) is 34.6 Å². The highest BCUT2D eigenvalue weighted by molar-refractivity contribution is 6.01. The molecule has 0 spiro atoms. The second-order valence-corrected chi connectivity index (χ2v) is 7.03. The van der Waals surface area contributed by atoms with E-state index in [1.54, 1.807) is 13.0 Å². The number of aryl methyl sites for hydroxylation is 1. The van der Waals surface area contributed by atoms with Crippen molar-refractivity contribution in [1.82, 2.24) is 4.90 Å². The molecule has 0 aliphatic carbocycles. The average Bonchev–Trinajstić information content (AvgIpc) is 2.58. The Morgan fingerprint density at radius 2 is 1.89 bits per heavy atom. The highest BCUT2D eigenvalue weighted by Gasteiger charge is 2.43. The predicted molar refractivity (Wildman–Crippen MR) is 96.5 cm³/mol. The van der Waals surface area contributed by atoms with Gasteiger partial charge >= 0.3 is 0 Å². The van der Waals surface area contributed by atoms with Crippen molar-refractivity contribution in [2.75, 3.05) is 18.4 Å². The zero-order valence-electron chi connectivity index (χ0n) is 15.2. The van der Waals surface area contributed by atoms with E-state index < -0.39 is 34.6 Å². The Hall–Kier alpha value is -2.54. The summed E-state index contributed by atoms with van der Waals surface area (Å²) in [4.78, 5) is 14.1. The summed E-state index contributed by atoms with van der Waals surface area (Å²) in [6, 6.07) is 6.28. The van der Waals surface area contributed by atoms with Gasteiger partial charge in [-0.15, -0.1) is 0 Å². The van der Waals surface area contributed by atoms with Gasteiger partial charge in [-0.1, -0.05) is 19.4 Å². The molecule has 0 radical (unpaired) electrons. The number of halogens is 3. The third-order valence-corrected chi connectivity index (χ3v) is 4.68. The smallest absolute Gasteiger partial charge is 0.256 e. The number of carbonyl (C=O) groups is 1. The van der Waals surface area contributed by atoms with Gasteiger partial charge in [0.15, 0.2) is 11.6 Å². The number of β-amino-alcohol motifs (C(OH)–C–C–N with tert-alkyl or cyclic N) is 1. The van der Waals surface area contributed by atoms with Crippen molar-refractivity contribution < 1.29 is 23.1 Å². The Balaban J connectivity index is 1.90. The summed E-state index contributed by atoms with van der Waals surface area (Å²) in [5.41, 5.74) is -0.879. The van der Waals surface area contributed by atoms with Crippen molar-refractivity contribution >= 4 is 17.3 Å². The normalized spacial score (nSPS) is 15.4. The minimum absolute atomic E-state index is 0.0646. The number of amides is 1. The van der Waals surface area contributed by atoms with Crippen molar-refractivity contribution in [2.45, 2.75) is 32.3 Å². The van der Waals surface area contributed by atoms with Crippen molar-refractivity contribution in [3.8, 4) is 0 Å². The summed E-state index contributed by atoms with van der Waals surface area (Å²) in [5.74, 6) is -3.60. The van der Waals surface area contributed by atoms with Crippen LogP contribution in [0.5, 0.6) is 0 Å². The number of aliphatic hydroxyl groups is 1. The van der Waals surface area contributed by atoms with E-state index in [9.17, 15) is 23.1 Å². The lowest BCUT2D eigenvalue weighted by Crippen LogP contribution is -2.63. The molecule has 4 nitrogen and oxygen atoms in total. The number of nitrogens with zero attached hydrogens (tertiary/aromatic N) is 1. The molecule has 1 fully saturated rings. The first-order valence-corrected chi connectivity index (χ1v) is 8.77. The zero-order chi connectivity index (χ0) is 19.8. The molecule has 1 amide bonds. The minimum atomic E-state index is -1.26. The van der Waals surface area contributed by atoms with Gasteiger partial charge in [0.25, 0.3) is 5.91 Å². The highest BCUT2D eigenvalue weighted by Crippen LogP contribution is 2.32. The summed E-state index contributed by atoms with van der Waals surface area (Å²) < 4.78 is 42.3. The van der Waals surface area contributed by atoms with E-state index in [2.05, 4.69) is 5.32 Å². The third kappa shape index (κ3) is 3.78. The van der Waals surface area contributed by atoms with E-state index in [0.717, 1.165) is 18.6 Å². The Kier molecular flexibility index (Phi) is 5.15. The molecule has 3 rings (SSSR count). The number of carbonyl (C=O) groups excluding carboxylic acids is 1. The lowest BCUT2D eigenvalue weighted by molar-refractivity contribution is -0.0859. The van der Waals surface area contributed by atoms with Crippen molar-refractivity contribution in [1.29, 1.82) is 0 Å². The molecule has 27 heavy (non-hydrogen) atoms. The van der Waals surface area contributed by atoms with Crippen LogP contribution in [0.15, 0.2) is 30.3 Å². The second kappa shape index (κ2) is 7.23. The molecular weight excluding hydrogens is 357 g/mol. The van der Waals surface area contributed by atoms with Crippen molar-refractivity contribution in [3.63, 3.8) is 0 Å². The van der Waals surface area contributed by atoms with E-state index in [4.69, 9.17) is 0 Å². The molecule has 0 unspecified atom stereocenters. The number of likely N-dealkylation sites (tertiary alicyclic amines) is 1. The highest BCUT2D eigenvalue weighted by atomic mass is 19.2. The summed E-state index contributed by atoms with van der Waals surface area (Å²) in [5, 5.41) is 12.8. The number of nitrogens with one attached hydrogen (secondary N) is 1. The number of benzene rings is 2. The van der Waals surface area contributed by atoms with Crippen LogP contribution >= 0.6 is 0 Å². The molecule has 0 atom stereocenters. The maximum absolute atomic E-state index is 14.4. The summed E-state index contributed by atoms with van der Waals surface area (Å²) in [6.45, 7) is 3.87. The van der Waals surface area contributed by atoms with E-state index in [0.29, 0.717) is 12.0 Å². The number of anilines is 2. The van der Waals surface area contributed by atoms with Crippen LogP contribution in [0.25, 0.3) is 0 Å². The fourth-order valence-electron chi connectivity index (χ4n) is 3.31. The number of rotatable bonds is 5. The van der Waals surface area contributed by atoms with E-state index in [-0.39, 0.29) is 24.3 Å². The molecule has 0 aromatic heterocycles. The van der Waals surface area contributed by atoms with Crippen LogP contribution in [0, 0.1) is 24.4 Å². The fourth-order valence-corrected chi connectivity index (χ4v) is 3.31. The molecular formula is C20H21F3N2O2. The summed E-state index contributed by atoms with van der Waals surface area (Å²) in [6.07, 6.45) is 1.32. The van der Waals surface area contributed by atoms with Crippen molar-refractivity contribution in [3.05, 3.63) is 58.9 Å². The van der Waals surface area contributed by atoms with Crippen LogP contribution in [0.3, 0.4) is 0 Å². The molecule has 1 saturated heterocycles. The maximum Gasteiger partial charge on any atom is 0.256 e. The Morgan fingerprint density at radius 3 is 2.52 bits per heavy atom. The number of hydrogen-bond donors (Lipinski definition) is 2. The van der Waals surface area contributed by atoms with Crippen LogP contribution in [0.2, 0.25) is 0 Å². The monoisotopic (exact) mass is 378 g/mol. The van der Waals surface area contributed by atoms with E-state index >= 15 is 0 Å². The lowest BCUT2D eigenvalue weighted by atomic mass is 9.88. The average molecular weight is 378 g/mol. The van der Waals surface area contributed by atoms with E-state index in [1.807, 2.05) is 6.92 Å². The number of hydrogen-bond acceptors (Lipinski definition) is 3. The largest absolute Gasteiger partial charge is 0.386 e. The predicted octanol–water partition coefficient (Wildman–Crippen LogP) is 4.14. The first-order chi connectivity index (χ1) is 12.7. The minimum Gasteiger partial charge on any atom is -0.386 e. The summed E-state index contributed by atoms with van der Waals surface area (Å²) >= 11 is 0. The fraction of sp³-hybridized carbons (Fsp3) is 0.350. The molecule has 0 saturated carbocycles. The molecule has 1 aliphatic rings. The van der Waals surface area contributed by atoms with E-state index in [1.165, 1.54) is 17.0 Å². The Labute approximate surface area is 155 Å². The van der Waals surface area contributed by atoms with Crippen LogP contribution in [-0.2, 0) is 0 Å². The van der Waals surface area contributed by atoms with Crippen molar-refractivity contribution in [2.24, 2.45) is 0 Å². The first kappa shape index (κ1) is 19.2. The van der Waals surface area contributed by atoms with Crippen LogP contribution in [0.4, 0.5) is 24.5 Å². The molecule has 2 aromatic rings. The molecule has 2 aromatic carbocycles. The van der Waals surface area contributed by atoms with Gasteiger partial charge in [-0.05, 0) is 43.2 Å². The van der Waals surface area contributed by atoms with Gasteiger partial charge in [0.1, 0.15) is 5.82 Å². The maximum atomic E-state index is 14.4. The van der Waals surface area contributed by atoms with Gasteiger partial charge in [0.05, 0.1) is 35.6 Å². The molecule has 144 valence electrons. The van der Waals surface area contributed by atoms with Gasteiger partial charge in [0.2, 0.25) is 0 Å². The molecule has 2 N–H and O–H groups in total. The second-order valence-electron chi connectivity index (χ2n) is 7.03. The van der Waals surface area contributed by atoms with Gasteiger partial charge in [0, 0.05) is 0 Å². The van der Waals surface area contributed by atoms with Gasteiger partial charge < -0.3 is 15.3 Å². The molecule has 7 heteroatoms. The summed E-state index contributed by atoms with van der Waals surface area (Å²) in [7, 11) is 0. The third-order valence-electron chi connectivity index (χ3n) is 4.68. The van der Waals surface area contributed by atoms with Crippen LogP contribution in [0.1, 0.15) is 35.7 Å². The van der Waals surface area contributed by atoms with Gasteiger partial charge in [-0.25, -0.2) is 13.2 Å². The van der Waals surface area contributed by atoms with Crippen LogP contribution < -0.4 is 5.32 Å². The Bertz CT molecular complexity index is 880. The standard InChI is InChI=1S/C20H21F3N2O2/c1-3-8-20(27)10-25(11-20)19(26)13-5-6-14(21)17(23)18(13)24-16-7-4-12(2)9-15(16)22/h4-7,9,24,27H,3,8,10-11H2,1-2H3. The Morgan fingerprint density at radius 1 is 1.19 bits per heavy atom. The SMILES string of the molecule is CCCC1(O)CN(C(=O)c2ccc(F)c(F)c2Nc2ccc(C)cc2F)C1. The molecule has 1 heterocycles. The molecule has 0 bridgehead atoms. The first-order valence-electron chi connectivity index (χ1n) is 8.77. The quantitative estimate of drug-likeness (QED) is 0.822. The van der Waals surface area contributed by atoms with Gasteiger partial charge in [-0.3, -0.25) is 4.79 Å². The topological polar surface area (TPSA) is 52.6 Å². The zero-order valence-corrected chi connectivity index (χ0v) is 15.2.